The molecule has 0 saturated carbocycles. The first-order valence-electron chi connectivity index (χ1n) is 7.34. The molecule has 0 N–H and O–H groups in total. The molecular formula is C15H25NO5. The van der Waals surface area contributed by atoms with E-state index < -0.39 is 29.7 Å². The summed E-state index contributed by atoms with van der Waals surface area (Å²) in [5.74, 6) is -1.09. The average molecular weight is 299 g/mol. The van der Waals surface area contributed by atoms with Gasteiger partial charge in [-0.3, -0.25) is 9.69 Å². The Morgan fingerprint density at radius 3 is 2.38 bits per heavy atom. The van der Waals surface area contributed by atoms with Crippen LogP contribution in [-0.4, -0.2) is 41.1 Å². The topological polar surface area (TPSA) is 72.9 Å². The Morgan fingerprint density at radius 2 is 1.86 bits per heavy atom. The molecule has 1 saturated heterocycles. The van der Waals surface area contributed by atoms with Crippen molar-refractivity contribution in [2.24, 2.45) is 5.92 Å². The molecule has 1 unspecified atom stereocenters. The van der Waals surface area contributed by atoms with Crippen LogP contribution in [0.4, 0.5) is 4.79 Å². The molecule has 1 amide bonds. The van der Waals surface area contributed by atoms with Gasteiger partial charge in [0.1, 0.15) is 11.6 Å². The summed E-state index contributed by atoms with van der Waals surface area (Å²) in [6.07, 6.45) is 0.827. The fourth-order valence-electron chi connectivity index (χ4n) is 2.11. The van der Waals surface area contributed by atoms with E-state index in [0.717, 1.165) is 0 Å². The lowest BCUT2D eigenvalue weighted by Crippen LogP contribution is -2.44. The standard InChI is InChI=1S/C15H25NO5/c1-10(2)9-12(17)20-13(18)11-7-6-8-16(11)14(19)21-15(3,4)5/h10-11H,6-9H2,1-5H3. The van der Waals surface area contributed by atoms with E-state index in [4.69, 9.17) is 9.47 Å². The first-order valence-corrected chi connectivity index (χ1v) is 7.34. The molecule has 0 aromatic rings. The van der Waals surface area contributed by atoms with Crippen LogP contribution in [0.2, 0.25) is 0 Å². The van der Waals surface area contributed by atoms with Gasteiger partial charge < -0.3 is 9.47 Å². The Bertz CT molecular complexity index is 411. The van der Waals surface area contributed by atoms with Crippen LogP contribution in [-0.2, 0) is 19.1 Å². The zero-order valence-electron chi connectivity index (χ0n) is 13.5. The highest BCUT2D eigenvalue weighted by Gasteiger charge is 2.38. The number of esters is 2. The summed E-state index contributed by atoms with van der Waals surface area (Å²) in [7, 11) is 0. The molecule has 0 aromatic heterocycles. The molecule has 1 atom stereocenters. The summed E-state index contributed by atoms with van der Waals surface area (Å²) in [4.78, 5) is 37.0. The molecule has 0 radical (unpaired) electrons. The van der Waals surface area contributed by atoms with E-state index in [9.17, 15) is 14.4 Å². The van der Waals surface area contributed by atoms with E-state index in [2.05, 4.69) is 0 Å². The first-order chi connectivity index (χ1) is 9.60. The second-order valence-electron chi connectivity index (χ2n) is 6.72. The van der Waals surface area contributed by atoms with Crippen molar-refractivity contribution in [2.75, 3.05) is 6.54 Å². The quantitative estimate of drug-likeness (QED) is 0.591. The summed E-state index contributed by atoms with van der Waals surface area (Å²) in [6, 6.07) is -0.726. The highest BCUT2D eigenvalue weighted by atomic mass is 16.6. The van der Waals surface area contributed by atoms with E-state index >= 15 is 0 Å². The number of amides is 1. The van der Waals surface area contributed by atoms with E-state index in [-0.39, 0.29) is 12.3 Å². The number of rotatable bonds is 3. The highest BCUT2D eigenvalue weighted by Crippen LogP contribution is 2.22. The third kappa shape index (κ3) is 5.73. The number of likely N-dealkylation sites (tertiary alicyclic amines) is 1. The van der Waals surface area contributed by atoms with E-state index in [0.29, 0.717) is 19.4 Å². The minimum Gasteiger partial charge on any atom is -0.444 e. The molecular weight excluding hydrogens is 274 g/mol. The third-order valence-electron chi connectivity index (χ3n) is 2.94. The van der Waals surface area contributed by atoms with Gasteiger partial charge in [0.2, 0.25) is 0 Å². The zero-order chi connectivity index (χ0) is 16.2. The Morgan fingerprint density at radius 1 is 1.24 bits per heavy atom. The van der Waals surface area contributed by atoms with Gasteiger partial charge in [0, 0.05) is 13.0 Å². The number of nitrogens with zero attached hydrogens (tertiary/aromatic N) is 1. The molecule has 1 rings (SSSR count). The van der Waals surface area contributed by atoms with Gasteiger partial charge in [-0.05, 0) is 39.5 Å². The smallest absolute Gasteiger partial charge is 0.411 e. The van der Waals surface area contributed by atoms with Crippen LogP contribution < -0.4 is 0 Å². The van der Waals surface area contributed by atoms with E-state index in [1.807, 2.05) is 13.8 Å². The molecule has 6 heteroatoms. The number of carbonyl (C=O) groups excluding carboxylic acids is 3. The molecule has 6 nitrogen and oxygen atoms in total. The second kappa shape index (κ2) is 6.91. The molecule has 0 aliphatic carbocycles. The maximum absolute atomic E-state index is 12.1. The second-order valence-corrected chi connectivity index (χ2v) is 6.72. The molecule has 1 fully saturated rings. The summed E-state index contributed by atoms with van der Waals surface area (Å²) in [5, 5.41) is 0. The van der Waals surface area contributed by atoms with Gasteiger partial charge in [0.15, 0.2) is 0 Å². The molecule has 1 aliphatic rings. The van der Waals surface area contributed by atoms with Gasteiger partial charge in [0.05, 0.1) is 0 Å². The van der Waals surface area contributed by atoms with Gasteiger partial charge in [-0.25, -0.2) is 9.59 Å². The molecule has 0 bridgehead atoms. The van der Waals surface area contributed by atoms with Crippen LogP contribution in [0.15, 0.2) is 0 Å². The van der Waals surface area contributed by atoms with E-state index in [1.54, 1.807) is 20.8 Å². The summed E-state index contributed by atoms with van der Waals surface area (Å²) < 4.78 is 10.1. The summed E-state index contributed by atoms with van der Waals surface area (Å²) in [5.41, 5.74) is -0.623. The lowest BCUT2D eigenvalue weighted by Gasteiger charge is -2.27. The Balaban J connectivity index is 2.62. The Labute approximate surface area is 125 Å². The van der Waals surface area contributed by atoms with Crippen molar-refractivity contribution in [3.63, 3.8) is 0 Å². The lowest BCUT2D eigenvalue weighted by atomic mass is 10.1. The maximum atomic E-state index is 12.1. The minimum atomic E-state index is -0.726. The van der Waals surface area contributed by atoms with Gasteiger partial charge in [0.25, 0.3) is 0 Å². The van der Waals surface area contributed by atoms with Crippen molar-refractivity contribution in [1.29, 1.82) is 0 Å². The molecule has 21 heavy (non-hydrogen) atoms. The van der Waals surface area contributed by atoms with Crippen molar-refractivity contribution in [3.8, 4) is 0 Å². The van der Waals surface area contributed by atoms with Gasteiger partial charge >= 0.3 is 18.0 Å². The SMILES string of the molecule is CC(C)CC(=O)OC(=O)C1CCCN1C(=O)OC(C)(C)C. The average Bonchev–Trinajstić information content (AvgIpc) is 2.73. The largest absolute Gasteiger partial charge is 0.444 e. The van der Waals surface area contributed by atoms with Crippen LogP contribution in [0.3, 0.4) is 0 Å². The molecule has 120 valence electrons. The highest BCUT2D eigenvalue weighted by molar-refractivity contribution is 5.90. The minimum absolute atomic E-state index is 0.121. The van der Waals surface area contributed by atoms with E-state index in [1.165, 1.54) is 4.90 Å². The number of hydrogen-bond acceptors (Lipinski definition) is 5. The van der Waals surface area contributed by atoms with Crippen LogP contribution in [0.25, 0.3) is 0 Å². The monoisotopic (exact) mass is 299 g/mol. The van der Waals surface area contributed by atoms with Gasteiger partial charge in [-0.2, -0.15) is 0 Å². The van der Waals surface area contributed by atoms with Crippen molar-refractivity contribution in [1.82, 2.24) is 4.90 Å². The Hall–Kier alpha value is -1.59. The van der Waals surface area contributed by atoms with Gasteiger partial charge in [-0.1, -0.05) is 13.8 Å². The fraction of sp³-hybridized carbons (Fsp3) is 0.800. The maximum Gasteiger partial charge on any atom is 0.411 e. The van der Waals surface area contributed by atoms with Crippen LogP contribution >= 0.6 is 0 Å². The molecule has 1 heterocycles. The normalized spacial score (nSPS) is 18.8. The Kier molecular flexibility index (Phi) is 5.75. The number of hydrogen-bond donors (Lipinski definition) is 0. The summed E-state index contributed by atoms with van der Waals surface area (Å²) in [6.45, 7) is 9.47. The number of carbonyl (C=O) groups is 3. The first kappa shape index (κ1) is 17.5. The third-order valence-corrected chi connectivity index (χ3v) is 2.94. The summed E-state index contributed by atoms with van der Waals surface area (Å²) >= 11 is 0. The lowest BCUT2D eigenvalue weighted by molar-refractivity contribution is -0.163. The van der Waals surface area contributed by atoms with Crippen LogP contribution in [0, 0.1) is 5.92 Å². The van der Waals surface area contributed by atoms with Crippen molar-refractivity contribution in [3.05, 3.63) is 0 Å². The van der Waals surface area contributed by atoms with Crippen LogP contribution in [0.1, 0.15) is 53.9 Å². The van der Waals surface area contributed by atoms with Gasteiger partial charge in [-0.15, -0.1) is 0 Å². The predicted molar refractivity (Wildman–Crippen MR) is 76.5 cm³/mol. The molecule has 0 spiro atoms. The van der Waals surface area contributed by atoms with Crippen LogP contribution in [0.5, 0.6) is 0 Å². The number of ether oxygens (including phenoxy) is 2. The van der Waals surface area contributed by atoms with Crippen molar-refractivity contribution < 1.29 is 23.9 Å². The molecule has 1 aliphatic heterocycles. The predicted octanol–water partition coefficient (Wildman–Crippen LogP) is 2.50. The molecule has 0 aromatic carbocycles. The van der Waals surface area contributed by atoms with Crippen molar-refractivity contribution >= 4 is 18.0 Å². The zero-order valence-corrected chi connectivity index (χ0v) is 13.5. The van der Waals surface area contributed by atoms with Crippen molar-refractivity contribution in [2.45, 2.75) is 65.5 Å². The fourth-order valence-corrected chi connectivity index (χ4v) is 2.11.